The predicted octanol–water partition coefficient (Wildman–Crippen LogP) is 7.24. The second-order valence-electron chi connectivity index (χ2n) is 10.9. The largest absolute Gasteiger partial charge is 0.573 e. The molecular formula is C30H29F5N2O4. The molecule has 2 aromatic carbocycles. The second kappa shape index (κ2) is 10.7. The predicted molar refractivity (Wildman–Crippen MR) is 140 cm³/mol. The van der Waals surface area contributed by atoms with Gasteiger partial charge in [0, 0.05) is 40.7 Å². The molecule has 2 aliphatic heterocycles. The fraction of sp³-hybridized carbons (Fsp3) is 0.433. The van der Waals surface area contributed by atoms with Crippen molar-refractivity contribution in [1.82, 2.24) is 4.98 Å². The number of H-pyrrole nitrogens is 1. The van der Waals surface area contributed by atoms with Crippen molar-refractivity contribution in [1.29, 1.82) is 0 Å². The van der Waals surface area contributed by atoms with Crippen molar-refractivity contribution >= 4 is 11.7 Å². The summed E-state index contributed by atoms with van der Waals surface area (Å²) in [5, 5.41) is 0. The number of carbonyl (C=O) groups excluding carboxylic acids is 1. The first-order valence-electron chi connectivity index (χ1n) is 13.7. The van der Waals surface area contributed by atoms with Gasteiger partial charge in [0.25, 0.3) is 0 Å². The molecular weight excluding hydrogens is 547 g/mol. The zero-order valence-electron chi connectivity index (χ0n) is 22.3. The van der Waals surface area contributed by atoms with Crippen LogP contribution in [0.1, 0.15) is 66.1 Å². The minimum absolute atomic E-state index is 0.145. The van der Waals surface area contributed by atoms with E-state index in [1.807, 2.05) is 0 Å². The minimum atomic E-state index is -4.83. The molecule has 1 N–H and O–H groups in total. The summed E-state index contributed by atoms with van der Waals surface area (Å²) < 4.78 is 84.7. The van der Waals surface area contributed by atoms with E-state index in [0.717, 1.165) is 56.2 Å². The van der Waals surface area contributed by atoms with Crippen LogP contribution >= 0.6 is 0 Å². The standard InChI is InChI=1S/C30H29F5N2O4/c1-39-29(38)17-10-24(31)28(25(32)11-17)37-18-8-9-19(37)13-20(12-18)40-15-23-22(14-36-27(23)16-6-7-16)21-4-2-3-5-26(21)41-30(33,34)35/h2-5,10-11,14,16,18-20,36H,6-9,12-13,15H2,1H3. The monoisotopic (exact) mass is 576 g/mol. The number of benzene rings is 2. The Hall–Kier alpha value is -3.60. The molecule has 0 amide bonds. The van der Waals surface area contributed by atoms with Crippen LogP contribution in [0, 0.1) is 11.6 Å². The third-order valence-corrected chi connectivity index (χ3v) is 8.26. The van der Waals surface area contributed by atoms with E-state index in [-0.39, 0.29) is 41.8 Å². The van der Waals surface area contributed by atoms with E-state index in [1.165, 1.54) is 12.1 Å². The zero-order chi connectivity index (χ0) is 28.9. The number of piperidine rings is 1. The number of nitrogens with zero attached hydrogens (tertiary/aromatic N) is 1. The Bertz CT molecular complexity index is 1410. The van der Waals surface area contributed by atoms with Crippen molar-refractivity contribution in [3.63, 3.8) is 0 Å². The summed E-state index contributed by atoms with van der Waals surface area (Å²) in [6.45, 7) is 0.186. The Kier molecular flexibility index (Phi) is 7.17. The van der Waals surface area contributed by atoms with Gasteiger partial charge < -0.3 is 24.1 Å². The van der Waals surface area contributed by atoms with Gasteiger partial charge in [0.05, 0.1) is 25.4 Å². The Morgan fingerprint density at radius 3 is 2.27 bits per heavy atom. The van der Waals surface area contributed by atoms with Gasteiger partial charge in [-0.3, -0.25) is 0 Å². The van der Waals surface area contributed by atoms with E-state index >= 15 is 8.78 Å². The maximum atomic E-state index is 15.1. The van der Waals surface area contributed by atoms with Gasteiger partial charge >= 0.3 is 12.3 Å². The molecule has 0 spiro atoms. The minimum Gasteiger partial charge on any atom is -0.465 e. The number of anilines is 1. The Morgan fingerprint density at radius 1 is 1.00 bits per heavy atom. The molecule has 2 saturated heterocycles. The topological polar surface area (TPSA) is 63.8 Å². The van der Waals surface area contributed by atoms with Crippen LogP contribution in [0.25, 0.3) is 11.1 Å². The summed E-state index contributed by atoms with van der Waals surface area (Å²) >= 11 is 0. The summed E-state index contributed by atoms with van der Waals surface area (Å²) in [4.78, 5) is 16.8. The molecule has 3 fully saturated rings. The van der Waals surface area contributed by atoms with Gasteiger partial charge in [0.2, 0.25) is 0 Å². The normalized spacial score (nSPS) is 22.2. The molecule has 1 aromatic heterocycles. The number of nitrogens with one attached hydrogen (secondary N) is 1. The molecule has 6 rings (SSSR count). The van der Waals surface area contributed by atoms with Crippen LogP contribution in [0.3, 0.4) is 0 Å². The number of fused-ring (bicyclic) bond motifs is 2. The first-order chi connectivity index (χ1) is 19.6. The van der Waals surface area contributed by atoms with E-state index in [2.05, 4.69) is 14.5 Å². The molecule has 3 aromatic rings. The molecule has 41 heavy (non-hydrogen) atoms. The van der Waals surface area contributed by atoms with Crippen LogP contribution in [-0.4, -0.2) is 42.6 Å². The number of rotatable bonds is 8. The number of aromatic nitrogens is 1. The number of alkyl halides is 3. The van der Waals surface area contributed by atoms with Gasteiger partial charge in [-0.25, -0.2) is 13.6 Å². The summed E-state index contributed by atoms with van der Waals surface area (Å²) in [6, 6.07) is 7.74. The van der Waals surface area contributed by atoms with Crippen molar-refractivity contribution < 1.29 is 41.0 Å². The molecule has 218 valence electrons. The summed E-state index contributed by atoms with van der Waals surface area (Å²) in [5.74, 6) is -2.42. The number of hydrogen-bond acceptors (Lipinski definition) is 5. The highest BCUT2D eigenvalue weighted by atomic mass is 19.4. The van der Waals surface area contributed by atoms with Gasteiger partial charge in [0.1, 0.15) is 23.1 Å². The zero-order valence-corrected chi connectivity index (χ0v) is 22.3. The molecule has 0 radical (unpaired) electrons. The van der Waals surface area contributed by atoms with Crippen molar-refractivity contribution in [3.8, 4) is 16.9 Å². The van der Waals surface area contributed by atoms with Crippen molar-refractivity contribution in [3.05, 3.63) is 71.1 Å². The van der Waals surface area contributed by atoms with Crippen molar-refractivity contribution in [2.75, 3.05) is 12.0 Å². The fourth-order valence-corrected chi connectivity index (χ4v) is 6.38. The number of methoxy groups -OCH3 is 1. The van der Waals surface area contributed by atoms with E-state index < -0.39 is 24.0 Å². The quantitative estimate of drug-likeness (QED) is 0.226. The molecule has 1 saturated carbocycles. The smallest absolute Gasteiger partial charge is 0.465 e. The maximum Gasteiger partial charge on any atom is 0.573 e. The number of aromatic amines is 1. The molecule has 6 nitrogen and oxygen atoms in total. The molecule has 2 bridgehead atoms. The summed E-state index contributed by atoms with van der Waals surface area (Å²) in [7, 11) is 1.15. The van der Waals surface area contributed by atoms with Gasteiger partial charge in [-0.05, 0) is 62.6 Å². The second-order valence-corrected chi connectivity index (χ2v) is 10.9. The number of carbonyl (C=O) groups is 1. The summed E-state index contributed by atoms with van der Waals surface area (Å²) in [5.41, 5.74) is 2.35. The van der Waals surface area contributed by atoms with Crippen molar-refractivity contribution in [2.24, 2.45) is 0 Å². The van der Waals surface area contributed by atoms with Gasteiger partial charge in [0.15, 0.2) is 0 Å². The molecule has 11 heteroatoms. The first-order valence-corrected chi connectivity index (χ1v) is 13.7. The van der Waals surface area contributed by atoms with E-state index in [1.54, 1.807) is 23.2 Å². The summed E-state index contributed by atoms with van der Waals surface area (Å²) in [6.07, 6.45) is 1.24. The average molecular weight is 577 g/mol. The van der Waals surface area contributed by atoms with Crippen LogP contribution in [0.5, 0.6) is 5.75 Å². The fourth-order valence-electron chi connectivity index (χ4n) is 6.38. The van der Waals surface area contributed by atoms with Gasteiger partial charge in [-0.2, -0.15) is 0 Å². The number of esters is 1. The van der Waals surface area contributed by atoms with Crippen LogP contribution in [0.4, 0.5) is 27.6 Å². The van der Waals surface area contributed by atoms with E-state index in [9.17, 15) is 18.0 Å². The average Bonchev–Trinajstić information content (AvgIpc) is 3.63. The molecule has 2 unspecified atom stereocenters. The van der Waals surface area contributed by atoms with Crippen LogP contribution in [-0.2, 0) is 16.1 Å². The molecule has 1 aliphatic carbocycles. The molecule has 2 atom stereocenters. The Balaban J connectivity index is 1.21. The van der Waals surface area contributed by atoms with Crippen LogP contribution in [0.2, 0.25) is 0 Å². The molecule has 3 aliphatic rings. The van der Waals surface area contributed by atoms with Crippen molar-refractivity contribution in [2.45, 2.75) is 75.6 Å². The Labute approximate surface area is 233 Å². The molecule has 3 heterocycles. The lowest BCUT2D eigenvalue weighted by molar-refractivity contribution is -0.274. The van der Waals surface area contributed by atoms with Gasteiger partial charge in [-0.1, -0.05) is 18.2 Å². The number of ether oxygens (including phenoxy) is 3. The first kappa shape index (κ1) is 27.6. The maximum absolute atomic E-state index is 15.1. The number of hydrogen-bond donors (Lipinski definition) is 1. The van der Waals surface area contributed by atoms with Crippen LogP contribution in [0.15, 0.2) is 42.6 Å². The SMILES string of the molecule is COC(=O)c1cc(F)c(N2C3CCC2CC(OCc2c(-c4ccccc4OC(F)(F)F)c[nH]c2C2CC2)C3)c(F)c1. The lowest BCUT2D eigenvalue weighted by Gasteiger charge is -2.40. The van der Waals surface area contributed by atoms with Gasteiger partial charge in [-0.15, -0.1) is 13.2 Å². The lowest BCUT2D eigenvalue weighted by Crippen LogP contribution is -2.46. The highest BCUT2D eigenvalue weighted by Gasteiger charge is 2.44. The third kappa shape index (κ3) is 5.51. The number of halogens is 5. The van der Waals surface area contributed by atoms with Crippen LogP contribution < -0.4 is 9.64 Å². The Morgan fingerprint density at radius 2 is 1.66 bits per heavy atom. The highest BCUT2D eigenvalue weighted by molar-refractivity contribution is 5.90. The highest BCUT2D eigenvalue weighted by Crippen LogP contribution is 2.47. The van der Waals surface area contributed by atoms with E-state index in [4.69, 9.17) is 4.74 Å². The number of para-hydroxylation sites is 1. The van der Waals surface area contributed by atoms with E-state index in [0.29, 0.717) is 29.9 Å². The third-order valence-electron chi connectivity index (χ3n) is 8.26. The lowest BCUT2D eigenvalue weighted by atomic mass is 9.97.